The summed E-state index contributed by atoms with van der Waals surface area (Å²) in [6.45, 7) is 4.25. The van der Waals surface area contributed by atoms with Crippen LogP contribution < -0.4 is 4.90 Å². The highest BCUT2D eigenvalue weighted by Crippen LogP contribution is 2.48. The first-order valence-electron chi connectivity index (χ1n) is 7.90. The Bertz CT molecular complexity index is 979. The number of carbonyl (C=O) groups excluding carboxylic acids is 1. The van der Waals surface area contributed by atoms with Gasteiger partial charge >= 0.3 is 0 Å². The Morgan fingerprint density at radius 3 is 2.75 bits per heavy atom. The number of likely N-dealkylation sites (N-methyl/N-ethyl adjacent to an activating group) is 1. The van der Waals surface area contributed by atoms with Crippen molar-refractivity contribution in [1.29, 1.82) is 0 Å². The molecule has 0 fully saturated rings. The maximum absolute atomic E-state index is 13.1. The van der Waals surface area contributed by atoms with Crippen LogP contribution in [0.3, 0.4) is 0 Å². The summed E-state index contributed by atoms with van der Waals surface area (Å²) in [5.74, 6) is -0.338. The van der Waals surface area contributed by atoms with E-state index >= 15 is 0 Å². The van der Waals surface area contributed by atoms with E-state index in [4.69, 9.17) is 11.6 Å². The highest BCUT2D eigenvalue weighted by molar-refractivity contribution is 6.31. The number of anilines is 1. The number of amides is 1. The first kappa shape index (κ1) is 15.2. The number of rotatable bonds is 2. The summed E-state index contributed by atoms with van der Waals surface area (Å²) < 4.78 is 0. The molecule has 3 aromatic rings. The molecule has 24 heavy (non-hydrogen) atoms. The lowest BCUT2D eigenvalue weighted by Crippen LogP contribution is -2.41. The number of hydrogen-bond donors (Lipinski definition) is 2. The number of carbonyl (C=O) groups is 1. The minimum absolute atomic E-state index is 0.338. The molecule has 122 valence electrons. The maximum atomic E-state index is 13.1. The van der Waals surface area contributed by atoms with Crippen LogP contribution in [-0.2, 0) is 10.4 Å². The van der Waals surface area contributed by atoms with Crippen molar-refractivity contribution in [2.45, 2.75) is 19.4 Å². The first-order valence-corrected chi connectivity index (χ1v) is 8.28. The molecule has 0 radical (unpaired) electrons. The number of halogens is 1. The number of aryl methyl sites for hydroxylation is 1. The fourth-order valence-electron chi connectivity index (χ4n) is 3.75. The minimum atomic E-state index is -1.74. The number of aliphatic hydroxyl groups is 1. The fraction of sp³-hybridized carbons (Fsp3) is 0.211. The predicted molar refractivity (Wildman–Crippen MR) is 95.5 cm³/mol. The molecule has 1 atom stereocenters. The average Bonchev–Trinajstić information content (AvgIpc) is 3.01. The zero-order valence-corrected chi connectivity index (χ0v) is 14.2. The Labute approximate surface area is 144 Å². The molecule has 1 aromatic heterocycles. The number of fused-ring (bicyclic) bond motifs is 2. The summed E-state index contributed by atoms with van der Waals surface area (Å²) in [4.78, 5) is 18.0. The van der Waals surface area contributed by atoms with Crippen LogP contribution in [0.15, 0.2) is 42.5 Å². The van der Waals surface area contributed by atoms with Gasteiger partial charge in [0, 0.05) is 39.3 Å². The average molecular weight is 341 g/mol. The quantitative estimate of drug-likeness (QED) is 0.746. The van der Waals surface area contributed by atoms with Crippen LogP contribution in [0.5, 0.6) is 0 Å². The van der Waals surface area contributed by atoms with E-state index in [1.165, 1.54) is 0 Å². The smallest absolute Gasteiger partial charge is 0.268 e. The van der Waals surface area contributed by atoms with E-state index in [1.807, 2.05) is 38.1 Å². The van der Waals surface area contributed by atoms with Crippen molar-refractivity contribution < 1.29 is 9.90 Å². The molecule has 0 saturated carbocycles. The largest absolute Gasteiger partial charge is 0.372 e. The molecule has 4 rings (SSSR count). The van der Waals surface area contributed by atoms with Crippen molar-refractivity contribution in [3.05, 3.63) is 64.3 Å². The summed E-state index contributed by atoms with van der Waals surface area (Å²) in [5.41, 5.74) is 1.77. The number of aromatic amines is 1. The summed E-state index contributed by atoms with van der Waals surface area (Å²) in [7, 11) is 0. The summed E-state index contributed by atoms with van der Waals surface area (Å²) in [6, 6.07) is 12.9. The summed E-state index contributed by atoms with van der Waals surface area (Å²) in [6.07, 6.45) is 0. The third kappa shape index (κ3) is 1.81. The maximum Gasteiger partial charge on any atom is 0.268 e. The monoisotopic (exact) mass is 340 g/mol. The zero-order chi connectivity index (χ0) is 17.1. The van der Waals surface area contributed by atoms with Gasteiger partial charge in [-0.25, -0.2) is 0 Å². The van der Waals surface area contributed by atoms with Gasteiger partial charge in [0.2, 0.25) is 0 Å². The van der Waals surface area contributed by atoms with Gasteiger partial charge in [0.25, 0.3) is 5.91 Å². The molecule has 0 spiro atoms. The van der Waals surface area contributed by atoms with Gasteiger partial charge in [0.1, 0.15) is 0 Å². The highest BCUT2D eigenvalue weighted by Gasteiger charge is 2.52. The Balaban J connectivity index is 2.08. The van der Waals surface area contributed by atoms with Crippen LogP contribution in [-0.4, -0.2) is 22.5 Å². The second kappa shape index (κ2) is 5.10. The number of hydrogen-bond acceptors (Lipinski definition) is 2. The van der Waals surface area contributed by atoms with Crippen LogP contribution in [0.4, 0.5) is 5.69 Å². The lowest BCUT2D eigenvalue weighted by Gasteiger charge is -2.23. The molecule has 1 unspecified atom stereocenters. The van der Waals surface area contributed by atoms with E-state index in [2.05, 4.69) is 4.98 Å². The molecule has 0 saturated heterocycles. The van der Waals surface area contributed by atoms with Gasteiger partial charge in [-0.3, -0.25) is 4.79 Å². The number of nitrogens with one attached hydrogen (secondary N) is 1. The zero-order valence-electron chi connectivity index (χ0n) is 13.4. The number of nitrogens with zero attached hydrogens (tertiary/aromatic N) is 1. The second-order valence-electron chi connectivity index (χ2n) is 6.09. The fourth-order valence-corrected chi connectivity index (χ4v) is 3.92. The third-order valence-electron chi connectivity index (χ3n) is 4.77. The van der Waals surface area contributed by atoms with Gasteiger partial charge in [-0.2, -0.15) is 0 Å². The van der Waals surface area contributed by atoms with Crippen LogP contribution >= 0.6 is 11.6 Å². The highest BCUT2D eigenvalue weighted by atomic mass is 35.5. The molecule has 0 bridgehead atoms. The molecule has 5 heteroatoms. The second-order valence-corrected chi connectivity index (χ2v) is 6.53. The van der Waals surface area contributed by atoms with Gasteiger partial charge in [0.15, 0.2) is 5.60 Å². The molecule has 1 aliphatic heterocycles. The number of aromatic nitrogens is 1. The van der Waals surface area contributed by atoms with E-state index in [0.29, 0.717) is 28.4 Å². The van der Waals surface area contributed by atoms with Crippen LogP contribution in [0.25, 0.3) is 10.9 Å². The van der Waals surface area contributed by atoms with Crippen molar-refractivity contribution in [2.75, 3.05) is 11.4 Å². The van der Waals surface area contributed by atoms with Crippen molar-refractivity contribution in [1.82, 2.24) is 4.98 Å². The molecule has 2 N–H and O–H groups in total. The van der Waals surface area contributed by atoms with Crippen molar-refractivity contribution in [3.63, 3.8) is 0 Å². The number of benzene rings is 2. The number of H-pyrrole nitrogens is 1. The minimum Gasteiger partial charge on any atom is -0.372 e. The first-order chi connectivity index (χ1) is 11.5. The normalized spacial score (nSPS) is 20.0. The van der Waals surface area contributed by atoms with E-state index in [1.54, 1.807) is 23.1 Å². The standard InChI is InChI=1S/C19H17ClN2O2/c1-3-22-16-9-8-12(20)10-14(16)19(24,18(22)23)17-11(2)21-15-7-5-4-6-13(15)17/h4-10,21,24H,3H2,1-2H3. The van der Waals surface area contributed by atoms with E-state index in [-0.39, 0.29) is 5.91 Å². The Hall–Kier alpha value is -2.30. The lowest BCUT2D eigenvalue weighted by molar-refractivity contribution is -0.132. The van der Waals surface area contributed by atoms with E-state index < -0.39 is 5.60 Å². The Morgan fingerprint density at radius 2 is 2.00 bits per heavy atom. The van der Waals surface area contributed by atoms with Crippen molar-refractivity contribution in [2.24, 2.45) is 0 Å². The van der Waals surface area contributed by atoms with Gasteiger partial charge in [0.05, 0.1) is 5.69 Å². The third-order valence-corrected chi connectivity index (χ3v) is 5.00. The Kier molecular flexibility index (Phi) is 3.24. The van der Waals surface area contributed by atoms with Gasteiger partial charge in [-0.1, -0.05) is 29.8 Å². The van der Waals surface area contributed by atoms with Gasteiger partial charge in [-0.15, -0.1) is 0 Å². The molecular weight excluding hydrogens is 324 g/mol. The number of para-hydroxylation sites is 1. The predicted octanol–water partition coefficient (Wildman–Crippen LogP) is 3.73. The molecule has 1 aliphatic rings. The van der Waals surface area contributed by atoms with E-state index in [0.717, 1.165) is 16.6 Å². The van der Waals surface area contributed by atoms with Crippen LogP contribution in [0.2, 0.25) is 5.02 Å². The summed E-state index contributed by atoms with van der Waals surface area (Å²) in [5, 5.41) is 12.9. The Morgan fingerprint density at radius 1 is 1.25 bits per heavy atom. The molecule has 4 nitrogen and oxygen atoms in total. The molecular formula is C19H17ClN2O2. The topological polar surface area (TPSA) is 56.3 Å². The van der Waals surface area contributed by atoms with Crippen LogP contribution in [0, 0.1) is 6.92 Å². The lowest BCUT2D eigenvalue weighted by atomic mass is 9.85. The van der Waals surface area contributed by atoms with Gasteiger partial charge < -0.3 is 15.0 Å². The van der Waals surface area contributed by atoms with Gasteiger partial charge in [-0.05, 0) is 38.1 Å². The molecule has 1 amide bonds. The molecule has 0 aliphatic carbocycles. The molecule has 2 heterocycles. The summed E-state index contributed by atoms with van der Waals surface area (Å²) >= 11 is 6.16. The van der Waals surface area contributed by atoms with Crippen molar-refractivity contribution in [3.8, 4) is 0 Å². The SMILES string of the molecule is CCN1C(=O)C(O)(c2c(C)[nH]c3ccccc23)c2cc(Cl)ccc21. The van der Waals surface area contributed by atoms with E-state index in [9.17, 15) is 9.90 Å². The van der Waals surface area contributed by atoms with Crippen LogP contribution in [0.1, 0.15) is 23.7 Å². The van der Waals surface area contributed by atoms with Crippen molar-refractivity contribution >= 4 is 34.1 Å². The molecule has 2 aromatic carbocycles.